The highest BCUT2D eigenvalue weighted by Gasteiger charge is 2.10. The van der Waals surface area contributed by atoms with Crippen molar-refractivity contribution in [1.82, 2.24) is 9.80 Å². The quantitative estimate of drug-likeness (QED) is 0.444. The number of fused-ring (bicyclic) bond motifs is 2. The van der Waals surface area contributed by atoms with Crippen LogP contribution in [0.1, 0.15) is 20.8 Å². The molecule has 0 fully saturated rings. The van der Waals surface area contributed by atoms with E-state index in [0.29, 0.717) is 46.7 Å². The second-order valence-corrected chi connectivity index (χ2v) is 7.37. The fourth-order valence-corrected chi connectivity index (χ4v) is 3.30. The third kappa shape index (κ3) is 5.32. The first kappa shape index (κ1) is 22.1. The van der Waals surface area contributed by atoms with Crippen molar-refractivity contribution in [2.75, 3.05) is 53.0 Å². The molecule has 0 amide bonds. The molecule has 0 saturated heterocycles. The van der Waals surface area contributed by atoms with Crippen LogP contribution in [0.15, 0.2) is 45.6 Å². The summed E-state index contributed by atoms with van der Waals surface area (Å²) in [4.78, 5) is 17.4. The van der Waals surface area contributed by atoms with Crippen molar-refractivity contribution in [3.63, 3.8) is 0 Å². The molecular formula is C24H32N2O4. The Bertz CT molecular complexity index is 1030. The number of nitrogens with zero attached hydrogens (tertiary/aromatic N) is 2. The summed E-state index contributed by atoms with van der Waals surface area (Å²) in [5, 5.41) is 1.10. The molecule has 0 bridgehead atoms. The predicted octanol–water partition coefficient (Wildman–Crippen LogP) is 4.00. The average Bonchev–Trinajstić information content (AvgIpc) is 2.76. The van der Waals surface area contributed by atoms with Gasteiger partial charge in [0.25, 0.3) is 0 Å². The van der Waals surface area contributed by atoms with Crippen molar-refractivity contribution in [2.24, 2.45) is 0 Å². The first-order valence-corrected chi connectivity index (χ1v) is 10.7. The van der Waals surface area contributed by atoms with Gasteiger partial charge in [-0.1, -0.05) is 20.8 Å². The molecule has 0 aliphatic rings. The van der Waals surface area contributed by atoms with E-state index in [1.54, 1.807) is 24.3 Å². The van der Waals surface area contributed by atoms with E-state index in [4.69, 9.17) is 13.9 Å². The van der Waals surface area contributed by atoms with Crippen molar-refractivity contribution in [1.29, 1.82) is 0 Å². The lowest BCUT2D eigenvalue weighted by atomic mass is 10.1. The normalized spacial score (nSPS) is 11.7. The zero-order chi connectivity index (χ0) is 21.5. The van der Waals surface area contributed by atoms with E-state index < -0.39 is 0 Å². The van der Waals surface area contributed by atoms with Gasteiger partial charge in [0.2, 0.25) is 5.43 Å². The Morgan fingerprint density at radius 3 is 1.83 bits per heavy atom. The topological polar surface area (TPSA) is 55.1 Å². The van der Waals surface area contributed by atoms with Crippen LogP contribution in [-0.2, 0) is 0 Å². The summed E-state index contributed by atoms with van der Waals surface area (Å²) in [5.41, 5.74) is 1.00. The van der Waals surface area contributed by atoms with Crippen LogP contribution >= 0.6 is 0 Å². The van der Waals surface area contributed by atoms with Gasteiger partial charge in [0.15, 0.2) is 0 Å². The fourth-order valence-electron chi connectivity index (χ4n) is 3.30. The summed E-state index contributed by atoms with van der Waals surface area (Å²) in [7, 11) is 2.05. The molecule has 6 heteroatoms. The SMILES string of the molecule is CCN(C)CCOc1ccc2c(=O)c3ccc(OCCN(CC)CC)cc3oc2c1. The van der Waals surface area contributed by atoms with Gasteiger partial charge in [-0.15, -0.1) is 0 Å². The number of hydrogen-bond acceptors (Lipinski definition) is 6. The third-order valence-electron chi connectivity index (χ3n) is 5.47. The van der Waals surface area contributed by atoms with Gasteiger partial charge in [0, 0.05) is 25.2 Å². The Hall–Kier alpha value is -2.57. The van der Waals surface area contributed by atoms with Crippen molar-refractivity contribution in [2.45, 2.75) is 20.8 Å². The van der Waals surface area contributed by atoms with Gasteiger partial charge in [0.1, 0.15) is 35.9 Å². The number of rotatable bonds is 11. The molecule has 3 rings (SSSR count). The van der Waals surface area contributed by atoms with E-state index in [2.05, 4.69) is 37.6 Å². The zero-order valence-electron chi connectivity index (χ0n) is 18.4. The highest BCUT2D eigenvalue weighted by molar-refractivity contribution is 5.90. The Kier molecular flexibility index (Phi) is 7.71. The maximum Gasteiger partial charge on any atom is 0.200 e. The predicted molar refractivity (Wildman–Crippen MR) is 122 cm³/mol. The molecule has 0 N–H and O–H groups in total. The van der Waals surface area contributed by atoms with Crippen molar-refractivity contribution < 1.29 is 13.9 Å². The Balaban J connectivity index is 1.79. The fraction of sp³-hybridized carbons (Fsp3) is 0.458. The van der Waals surface area contributed by atoms with E-state index in [1.807, 2.05) is 12.1 Å². The van der Waals surface area contributed by atoms with E-state index in [-0.39, 0.29) is 5.43 Å². The average molecular weight is 413 g/mol. The van der Waals surface area contributed by atoms with E-state index in [0.717, 1.165) is 32.7 Å². The number of likely N-dealkylation sites (N-methyl/N-ethyl adjacent to an activating group) is 2. The van der Waals surface area contributed by atoms with E-state index >= 15 is 0 Å². The molecule has 2 aromatic carbocycles. The Labute approximate surface area is 178 Å². The summed E-state index contributed by atoms with van der Waals surface area (Å²) < 4.78 is 17.7. The first-order chi connectivity index (χ1) is 14.5. The van der Waals surface area contributed by atoms with Crippen LogP contribution in [-0.4, -0.2) is 62.8 Å². The lowest BCUT2D eigenvalue weighted by Crippen LogP contribution is -2.27. The smallest absolute Gasteiger partial charge is 0.200 e. The van der Waals surface area contributed by atoms with Crippen LogP contribution in [0.5, 0.6) is 11.5 Å². The Morgan fingerprint density at radius 2 is 1.33 bits per heavy atom. The van der Waals surface area contributed by atoms with Gasteiger partial charge in [-0.2, -0.15) is 0 Å². The lowest BCUT2D eigenvalue weighted by molar-refractivity contribution is 0.223. The van der Waals surface area contributed by atoms with Crippen LogP contribution in [0.3, 0.4) is 0 Å². The second kappa shape index (κ2) is 10.5. The van der Waals surface area contributed by atoms with Crippen molar-refractivity contribution in [3.05, 3.63) is 46.6 Å². The van der Waals surface area contributed by atoms with Crippen molar-refractivity contribution >= 4 is 21.9 Å². The van der Waals surface area contributed by atoms with E-state index in [1.165, 1.54) is 0 Å². The molecule has 3 aromatic rings. The van der Waals surface area contributed by atoms with Gasteiger partial charge in [-0.3, -0.25) is 4.79 Å². The van der Waals surface area contributed by atoms with Crippen LogP contribution in [0, 0.1) is 0 Å². The van der Waals surface area contributed by atoms with Crippen molar-refractivity contribution in [3.8, 4) is 11.5 Å². The summed E-state index contributed by atoms with van der Waals surface area (Å²) in [6, 6.07) is 10.8. The monoisotopic (exact) mass is 412 g/mol. The highest BCUT2D eigenvalue weighted by Crippen LogP contribution is 2.25. The molecule has 1 heterocycles. The molecule has 0 unspecified atom stereocenters. The number of ether oxygens (including phenoxy) is 2. The molecule has 0 spiro atoms. The maximum absolute atomic E-state index is 12.9. The minimum atomic E-state index is -0.0433. The van der Waals surface area contributed by atoms with E-state index in [9.17, 15) is 4.79 Å². The number of benzene rings is 2. The maximum atomic E-state index is 12.9. The van der Waals surface area contributed by atoms with Crippen LogP contribution in [0.25, 0.3) is 21.9 Å². The molecule has 0 atom stereocenters. The highest BCUT2D eigenvalue weighted by atomic mass is 16.5. The lowest BCUT2D eigenvalue weighted by Gasteiger charge is -2.18. The molecule has 1 aromatic heterocycles. The summed E-state index contributed by atoms with van der Waals surface area (Å²) in [6.45, 7) is 12.2. The van der Waals surface area contributed by atoms with Crippen LogP contribution < -0.4 is 14.9 Å². The minimum absolute atomic E-state index is 0.0433. The third-order valence-corrected chi connectivity index (χ3v) is 5.47. The molecule has 6 nitrogen and oxygen atoms in total. The van der Waals surface area contributed by atoms with Gasteiger partial charge >= 0.3 is 0 Å². The van der Waals surface area contributed by atoms with Gasteiger partial charge in [-0.05, 0) is 50.9 Å². The second-order valence-electron chi connectivity index (χ2n) is 7.37. The largest absolute Gasteiger partial charge is 0.492 e. The molecule has 0 aliphatic heterocycles. The molecule has 30 heavy (non-hydrogen) atoms. The van der Waals surface area contributed by atoms with Gasteiger partial charge < -0.3 is 23.7 Å². The Morgan fingerprint density at radius 1 is 0.800 bits per heavy atom. The first-order valence-electron chi connectivity index (χ1n) is 10.7. The van der Waals surface area contributed by atoms with Gasteiger partial charge in [-0.25, -0.2) is 0 Å². The molecule has 0 radical (unpaired) electrons. The molecule has 0 aliphatic carbocycles. The number of hydrogen-bond donors (Lipinski definition) is 0. The zero-order valence-corrected chi connectivity index (χ0v) is 18.4. The van der Waals surface area contributed by atoms with Gasteiger partial charge in [0.05, 0.1) is 10.8 Å². The molecular weight excluding hydrogens is 380 g/mol. The summed E-state index contributed by atoms with van der Waals surface area (Å²) >= 11 is 0. The minimum Gasteiger partial charge on any atom is -0.492 e. The summed E-state index contributed by atoms with van der Waals surface area (Å²) in [5.74, 6) is 1.40. The molecule has 0 saturated carbocycles. The molecule has 162 valence electrons. The van der Waals surface area contributed by atoms with Crippen LogP contribution in [0.2, 0.25) is 0 Å². The summed E-state index contributed by atoms with van der Waals surface area (Å²) in [6.07, 6.45) is 0. The van der Waals surface area contributed by atoms with Crippen LogP contribution in [0.4, 0.5) is 0 Å². The standard InChI is InChI=1S/C24H32N2O4/c1-5-25(4)12-14-28-18-8-10-20-22(16-18)30-23-17-19(9-11-21(23)24(20)27)29-15-13-26(6-2)7-3/h8-11,16-17H,5-7,12-15H2,1-4H3.